The van der Waals surface area contributed by atoms with Gasteiger partial charge in [-0.1, -0.05) is 97.8 Å². The minimum absolute atomic E-state index is 0.0748. The summed E-state index contributed by atoms with van der Waals surface area (Å²) in [6.07, 6.45) is 13.4. The third-order valence-corrected chi connectivity index (χ3v) is 17.0. The minimum Gasteiger partial charge on any atom is -0.484 e. The topological polar surface area (TPSA) is 188 Å². The lowest BCUT2D eigenvalue weighted by molar-refractivity contribution is 0.111. The number of hydrogen-bond acceptors (Lipinski definition) is 8. The average molecular weight is 1200 g/mol. The molecule has 6 rings (SSSR count). The number of urea groups is 2. The molecule has 6 atom stereocenters. The van der Waals surface area contributed by atoms with Crippen molar-refractivity contribution in [1.82, 2.24) is 31.1 Å². The van der Waals surface area contributed by atoms with E-state index in [1.807, 2.05) is 64.6 Å². The first kappa shape index (κ1) is 63.1. The molecule has 2 aliphatic carbocycles. The van der Waals surface area contributed by atoms with Gasteiger partial charge in [0.2, 0.25) is 0 Å². The van der Waals surface area contributed by atoms with Crippen LogP contribution in [0.15, 0.2) is 72.8 Å². The van der Waals surface area contributed by atoms with Crippen molar-refractivity contribution >= 4 is 92.4 Å². The van der Waals surface area contributed by atoms with Gasteiger partial charge in [0.15, 0.2) is 0 Å². The number of anilines is 2. The van der Waals surface area contributed by atoms with Crippen LogP contribution in [0.5, 0.6) is 11.5 Å². The van der Waals surface area contributed by atoms with E-state index < -0.39 is 22.5 Å². The molecular weight excluding hydrogens is 1120 g/mol. The Morgan fingerprint density at radius 3 is 1.13 bits per heavy atom. The fraction of sp³-hybridized carbons (Fsp3) is 0.536. The van der Waals surface area contributed by atoms with Crippen LogP contribution >= 0.6 is 46.4 Å². The number of nitrogens with zero attached hydrogens (tertiary/aromatic N) is 4. The second-order valence-corrected chi connectivity index (χ2v) is 23.9. The van der Waals surface area contributed by atoms with Gasteiger partial charge in [0.25, 0.3) is 22.5 Å². The van der Waals surface area contributed by atoms with Crippen LogP contribution in [-0.4, -0.2) is 119 Å². The molecule has 4 amide bonds. The third kappa shape index (κ3) is 19.3. The van der Waals surface area contributed by atoms with Gasteiger partial charge in [0, 0.05) is 70.5 Å². The van der Waals surface area contributed by atoms with Crippen molar-refractivity contribution in [3.63, 3.8) is 0 Å². The Labute approximate surface area is 486 Å². The molecule has 0 radical (unpaired) electrons. The number of carbonyl (C=O) groups excluding carboxylic acids is 2. The van der Waals surface area contributed by atoms with E-state index in [9.17, 15) is 27.1 Å². The lowest BCUT2D eigenvalue weighted by atomic mass is 10.1. The summed E-state index contributed by atoms with van der Waals surface area (Å²) in [5.74, 6) is 1.30. The van der Waals surface area contributed by atoms with E-state index in [0.717, 1.165) is 125 Å². The molecule has 4 aromatic rings. The van der Waals surface area contributed by atoms with Gasteiger partial charge in [-0.3, -0.25) is 17.7 Å². The number of fused-ring (bicyclic) bond motifs is 2. The Balaban J connectivity index is 0.721. The fourth-order valence-electron chi connectivity index (χ4n) is 10.1. The minimum atomic E-state index is -2.17. The number of carbonyl (C=O) groups is 2. The number of amides is 4. The molecule has 0 spiro atoms. The van der Waals surface area contributed by atoms with Crippen LogP contribution in [0.25, 0.3) is 0 Å². The Bertz CT molecular complexity index is 2410. The number of halogens is 4. The SMILES string of the molecule is CN(C)[C@H]1Cc2c(Cl)cc(Cl)cc2[C@@H]1Oc1ccc(N(CCCCCCCCNC(=O)NCCCCNC(=O)NCCCCCCCCN(c2ccc(O[C@H]3c4cc(Cl)cc(Cl)c4C[C@@H]3N(C)C)cc2)S(=O)O)S(=O)O)cc1. The van der Waals surface area contributed by atoms with Crippen molar-refractivity contribution in [2.24, 2.45) is 0 Å². The lowest BCUT2D eigenvalue weighted by Crippen LogP contribution is -2.38. The van der Waals surface area contributed by atoms with Crippen LogP contribution in [0.2, 0.25) is 20.1 Å². The van der Waals surface area contributed by atoms with Crippen molar-refractivity contribution < 1.29 is 36.6 Å². The summed E-state index contributed by atoms with van der Waals surface area (Å²) in [7, 11) is 8.05. The first-order chi connectivity index (χ1) is 37.5. The number of benzene rings is 4. The highest BCUT2D eigenvalue weighted by molar-refractivity contribution is 7.81. The molecule has 0 aliphatic heterocycles. The highest BCUT2D eigenvalue weighted by Crippen LogP contribution is 2.44. The zero-order valence-corrected chi connectivity index (χ0v) is 49.9. The van der Waals surface area contributed by atoms with Crippen molar-refractivity contribution in [3.05, 3.63) is 115 Å². The Kier molecular flexibility index (Phi) is 26.2. The van der Waals surface area contributed by atoms with Gasteiger partial charge in [0.1, 0.15) is 23.7 Å². The molecule has 430 valence electrons. The summed E-state index contributed by atoms with van der Waals surface area (Å²) >= 11 is 21.4. The molecule has 4 aromatic carbocycles. The van der Waals surface area contributed by atoms with Crippen LogP contribution in [0, 0.1) is 0 Å². The molecule has 6 N–H and O–H groups in total. The number of rotatable bonds is 33. The molecule has 78 heavy (non-hydrogen) atoms. The molecule has 0 fully saturated rings. The van der Waals surface area contributed by atoms with E-state index in [1.54, 1.807) is 36.4 Å². The van der Waals surface area contributed by atoms with Gasteiger partial charge in [-0.2, -0.15) is 0 Å². The first-order valence-corrected chi connectivity index (χ1v) is 30.8. The lowest BCUT2D eigenvalue weighted by Gasteiger charge is -2.27. The third-order valence-electron chi connectivity index (χ3n) is 14.3. The quantitative estimate of drug-likeness (QED) is 0.0198. The second-order valence-electron chi connectivity index (χ2n) is 20.4. The number of likely N-dealkylation sites (N-methyl/N-ethyl adjacent to an activating group) is 2. The molecular formula is C56H78Cl4N8O8S2. The van der Waals surface area contributed by atoms with Crippen LogP contribution in [0.3, 0.4) is 0 Å². The van der Waals surface area contributed by atoms with Crippen molar-refractivity contribution in [1.29, 1.82) is 0 Å². The van der Waals surface area contributed by atoms with Crippen LogP contribution in [0.4, 0.5) is 21.0 Å². The van der Waals surface area contributed by atoms with Crippen molar-refractivity contribution in [2.75, 3.05) is 76.1 Å². The average Bonchev–Trinajstić information content (AvgIpc) is 4.11. The van der Waals surface area contributed by atoms with Crippen LogP contribution in [-0.2, 0) is 35.4 Å². The molecule has 0 aromatic heterocycles. The van der Waals surface area contributed by atoms with E-state index in [4.69, 9.17) is 55.9 Å². The predicted molar refractivity (Wildman–Crippen MR) is 319 cm³/mol. The van der Waals surface area contributed by atoms with E-state index >= 15 is 0 Å². The molecule has 0 saturated heterocycles. The number of nitrogens with one attached hydrogen (secondary N) is 4. The van der Waals surface area contributed by atoms with Gasteiger partial charge in [-0.05, 0) is 163 Å². The van der Waals surface area contributed by atoms with Crippen LogP contribution in [0.1, 0.15) is 124 Å². The molecule has 2 aliphatic rings. The Morgan fingerprint density at radius 2 is 0.808 bits per heavy atom. The normalized spacial score (nSPS) is 17.3. The molecule has 2 unspecified atom stereocenters. The maximum atomic E-state index is 12.3. The summed E-state index contributed by atoms with van der Waals surface area (Å²) in [5.41, 5.74) is 5.30. The summed E-state index contributed by atoms with van der Waals surface area (Å²) in [6.45, 7) is 3.07. The standard InChI is InChI=1S/C56H78Cl4N8O8S2/c1-65(2)51-37-45-47(33-39(57)35-49(45)59)53(51)75-43-23-19-41(20-24-43)67(77(71)72)31-17-11-7-5-9-13-27-61-55(69)63-29-15-16-30-64-56(70)62-28-14-10-6-8-12-18-32-68(78(73)74)42-21-25-44(26-22-42)76-54-48-34-40(58)36-50(60)46(48)38-52(54)66(3)4/h19-26,33-36,51-54H,5-18,27-32,37-38H2,1-4H3,(H,71,72)(H,73,74)(H2,61,63,69)(H2,62,64,70)/t51-,52-,53-,54-/m0/s1. The van der Waals surface area contributed by atoms with E-state index in [1.165, 1.54) is 8.61 Å². The van der Waals surface area contributed by atoms with Gasteiger partial charge in [-0.25, -0.2) is 18.0 Å². The molecule has 22 heteroatoms. The predicted octanol–water partition coefficient (Wildman–Crippen LogP) is 12.2. The molecule has 16 nitrogen and oxygen atoms in total. The highest BCUT2D eigenvalue weighted by Gasteiger charge is 2.39. The second kappa shape index (κ2) is 32.4. The monoisotopic (exact) mass is 1190 g/mol. The van der Waals surface area contributed by atoms with Crippen molar-refractivity contribution in [2.45, 2.75) is 127 Å². The molecule has 0 bridgehead atoms. The summed E-state index contributed by atoms with van der Waals surface area (Å²) in [4.78, 5) is 28.7. The largest absolute Gasteiger partial charge is 0.484 e. The maximum absolute atomic E-state index is 12.3. The molecule has 0 saturated carbocycles. The zero-order chi connectivity index (χ0) is 56.1. The summed E-state index contributed by atoms with van der Waals surface area (Å²) < 4.78 is 60.7. The Morgan fingerprint density at radius 1 is 0.500 bits per heavy atom. The van der Waals surface area contributed by atoms with E-state index in [-0.39, 0.29) is 36.4 Å². The van der Waals surface area contributed by atoms with Crippen molar-refractivity contribution in [3.8, 4) is 11.5 Å². The Hall–Kier alpha value is -4.08. The highest BCUT2D eigenvalue weighted by atomic mass is 35.5. The summed E-state index contributed by atoms with van der Waals surface area (Å²) in [5, 5.41) is 14.0. The number of ether oxygens (including phenoxy) is 2. The van der Waals surface area contributed by atoms with E-state index in [0.29, 0.717) is 82.2 Å². The van der Waals surface area contributed by atoms with E-state index in [2.05, 4.69) is 31.1 Å². The fourth-order valence-corrected chi connectivity index (χ4v) is 12.4. The maximum Gasteiger partial charge on any atom is 0.314 e. The van der Waals surface area contributed by atoms with Gasteiger partial charge in [-0.15, -0.1) is 0 Å². The van der Waals surface area contributed by atoms with Gasteiger partial charge >= 0.3 is 12.1 Å². The zero-order valence-electron chi connectivity index (χ0n) is 45.3. The smallest absolute Gasteiger partial charge is 0.314 e. The number of unbranched alkanes of at least 4 members (excludes halogenated alkanes) is 11. The first-order valence-electron chi connectivity index (χ1n) is 27.1. The number of hydrogen-bond donors (Lipinski definition) is 6. The summed E-state index contributed by atoms with van der Waals surface area (Å²) in [6, 6.07) is 21.6. The molecule has 0 heterocycles. The van der Waals surface area contributed by atoms with Gasteiger partial charge < -0.3 is 40.5 Å². The van der Waals surface area contributed by atoms with Gasteiger partial charge in [0.05, 0.1) is 23.5 Å². The van der Waals surface area contributed by atoms with Crippen LogP contribution < -0.4 is 39.4 Å².